The molecule has 1 aliphatic rings. The fraction of sp³-hybridized carbons (Fsp3) is 0.219. The first-order chi connectivity index (χ1) is 19.7. The Hall–Kier alpha value is -4.85. The molecule has 3 heterocycles. The standard InChI is InChI=1S/C32H31N5O3/c1-2-39-27-15-13-25(14-16-27)37-21-28(24-9-5-3-6-10-24)30-31(33-23-34-32(30)37)36-19-17-35(18-20-36)29(38)22-40-26-11-7-4-8-12-26/h3-16,21,23H,2,17-20,22H2,1H3. The zero-order chi connectivity index (χ0) is 27.3. The molecule has 1 aliphatic heterocycles. The molecule has 1 amide bonds. The van der Waals surface area contributed by atoms with Crippen molar-refractivity contribution in [1.29, 1.82) is 0 Å². The topological polar surface area (TPSA) is 72.7 Å². The van der Waals surface area contributed by atoms with Crippen LogP contribution in [0.25, 0.3) is 27.8 Å². The van der Waals surface area contributed by atoms with E-state index in [2.05, 4.69) is 27.8 Å². The summed E-state index contributed by atoms with van der Waals surface area (Å²) in [6.45, 7) is 5.18. The fourth-order valence-corrected chi connectivity index (χ4v) is 5.11. The lowest BCUT2D eigenvalue weighted by Gasteiger charge is -2.35. The molecule has 0 saturated carbocycles. The first kappa shape index (κ1) is 25.4. The van der Waals surface area contributed by atoms with Gasteiger partial charge in [0.15, 0.2) is 12.3 Å². The number of anilines is 1. The van der Waals surface area contributed by atoms with E-state index in [0.717, 1.165) is 39.4 Å². The quantitative estimate of drug-likeness (QED) is 0.273. The van der Waals surface area contributed by atoms with Gasteiger partial charge in [0, 0.05) is 43.6 Å². The molecule has 8 heteroatoms. The van der Waals surface area contributed by atoms with Crippen molar-refractivity contribution in [2.75, 3.05) is 44.3 Å². The van der Waals surface area contributed by atoms with Crippen LogP contribution in [0.15, 0.2) is 97.5 Å². The molecule has 202 valence electrons. The van der Waals surface area contributed by atoms with Gasteiger partial charge in [0.25, 0.3) is 5.91 Å². The Kier molecular flexibility index (Phi) is 7.30. The first-order valence-corrected chi connectivity index (χ1v) is 13.6. The number of hydrogen-bond donors (Lipinski definition) is 0. The van der Waals surface area contributed by atoms with E-state index in [1.807, 2.05) is 84.6 Å². The summed E-state index contributed by atoms with van der Waals surface area (Å²) in [6, 6.07) is 27.8. The molecule has 0 bridgehead atoms. The highest BCUT2D eigenvalue weighted by Crippen LogP contribution is 2.37. The molecule has 5 aromatic rings. The lowest BCUT2D eigenvalue weighted by molar-refractivity contribution is -0.133. The predicted octanol–water partition coefficient (Wildman–Crippen LogP) is 5.21. The number of rotatable bonds is 8. The van der Waals surface area contributed by atoms with Crippen molar-refractivity contribution in [2.45, 2.75) is 6.92 Å². The fourth-order valence-electron chi connectivity index (χ4n) is 5.11. The van der Waals surface area contributed by atoms with Crippen LogP contribution < -0.4 is 14.4 Å². The Morgan fingerprint density at radius 2 is 1.48 bits per heavy atom. The number of carbonyl (C=O) groups excluding carboxylic acids is 1. The third-order valence-electron chi connectivity index (χ3n) is 7.11. The summed E-state index contributed by atoms with van der Waals surface area (Å²) in [5.74, 6) is 2.40. The van der Waals surface area contributed by atoms with Crippen LogP contribution in [-0.2, 0) is 4.79 Å². The highest BCUT2D eigenvalue weighted by molar-refractivity contribution is 6.02. The summed E-state index contributed by atoms with van der Waals surface area (Å²) in [7, 11) is 0. The average molecular weight is 534 g/mol. The molecule has 0 spiro atoms. The van der Waals surface area contributed by atoms with E-state index in [1.54, 1.807) is 6.33 Å². The van der Waals surface area contributed by atoms with Crippen LogP contribution in [0, 0.1) is 0 Å². The van der Waals surface area contributed by atoms with Crippen LogP contribution in [0.3, 0.4) is 0 Å². The summed E-state index contributed by atoms with van der Waals surface area (Å²) < 4.78 is 13.4. The molecule has 1 fully saturated rings. The van der Waals surface area contributed by atoms with Gasteiger partial charge in [0.2, 0.25) is 0 Å². The second-order valence-electron chi connectivity index (χ2n) is 9.57. The number of fused-ring (bicyclic) bond motifs is 1. The van der Waals surface area contributed by atoms with Crippen LogP contribution in [-0.4, -0.2) is 64.7 Å². The van der Waals surface area contributed by atoms with E-state index < -0.39 is 0 Å². The lowest BCUT2D eigenvalue weighted by atomic mass is 10.1. The number of amides is 1. The van der Waals surface area contributed by atoms with Gasteiger partial charge < -0.3 is 23.8 Å². The Labute approximate surface area is 233 Å². The molecule has 0 aliphatic carbocycles. The summed E-state index contributed by atoms with van der Waals surface area (Å²) in [6.07, 6.45) is 3.76. The van der Waals surface area contributed by atoms with E-state index >= 15 is 0 Å². The molecule has 0 N–H and O–H groups in total. The minimum atomic E-state index is -0.0111. The molecular formula is C32H31N5O3. The molecule has 0 atom stereocenters. The van der Waals surface area contributed by atoms with E-state index in [1.165, 1.54) is 0 Å². The molecular weight excluding hydrogens is 502 g/mol. The minimum absolute atomic E-state index is 0.0111. The number of ether oxygens (including phenoxy) is 2. The summed E-state index contributed by atoms with van der Waals surface area (Å²) in [5, 5.41) is 0.995. The molecule has 1 saturated heterocycles. The van der Waals surface area contributed by atoms with Gasteiger partial charge in [-0.3, -0.25) is 4.79 Å². The van der Waals surface area contributed by atoms with Gasteiger partial charge in [-0.05, 0) is 48.9 Å². The molecule has 3 aromatic carbocycles. The van der Waals surface area contributed by atoms with Crippen molar-refractivity contribution in [1.82, 2.24) is 19.4 Å². The van der Waals surface area contributed by atoms with Crippen molar-refractivity contribution in [3.63, 3.8) is 0 Å². The van der Waals surface area contributed by atoms with Gasteiger partial charge >= 0.3 is 0 Å². The Bertz CT molecular complexity index is 1580. The van der Waals surface area contributed by atoms with E-state index in [9.17, 15) is 4.79 Å². The monoisotopic (exact) mass is 533 g/mol. The summed E-state index contributed by atoms with van der Waals surface area (Å²) >= 11 is 0. The van der Waals surface area contributed by atoms with Gasteiger partial charge in [0.05, 0.1) is 12.0 Å². The number of benzene rings is 3. The highest BCUT2D eigenvalue weighted by atomic mass is 16.5. The molecule has 0 unspecified atom stereocenters. The van der Waals surface area contributed by atoms with E-state index in [4.69, 9.17) is 19.4 Å². The Balaban J connectivity index is 1.28. The number of nitrogens with zero attached hydrogens (tertiary/aromatic N) is 5. The van der Waals surface area contributed by atoms with Crippen molar-refractivity contribution >= 4 is 22.8 Å². The second-order valence-corrected chi connectivity index (χ2v) is 9.57. The molecule has 40 heavy (non-hydrogen) atoms. The largest absolute Gasteiger partial charge is 0.494 e. The molecule has 0 radical (unpaired) electrons. The third kappa shape index (κ3) is 5.20. The maximum absolute atomic E-state index is 12.8. The van der Waals surface area contributed by atoms with Gasteiger partial charge in [-0.25, -0.2) is 9.97 Å². The molecule has 2 aromatic heterocycles. The summed E-state index contributed by atoms with van der Waals surface area (Å²) in [5.41, 5.74) is 3.99. The lowest BCUT2D eigenvalue weighted by Crippen LogP contribution is -2.50. The molecule has 8 nitrogen and oxygen atoms in total. The minimum Gasteiger partial charge on any atom is -0.494 e. The average Bonchev–Trinajstić information content (AvgIpc) is 3.41. The number of carbonyl (C=O) groups is 1. The highest BCUT2D eigenvalue weighted by Gasteiger charge is 2.26. The number of piperazine rings is 1. The maximum Gasteiger partial charge on any atom is 0.260 e. The van der Waals surface area contributed by atoms with Gasteiger partial charge in [-0.2, -0.15) is 0 Å². The number of para-hydroxylation sites is 1. The molecule has 6 rings (SSSR count). The summed E-state index contributed by atoms with van der Waals surface area (Å²) in [4.78, 5) is 26.4. The van der Waals surface area contributed by atoms with Crippen LogP contribution in [0.1, 0.15) is 6.92 Å². The van der Waals surface area contributed by atoms with Crippen LogP contribution in [0.2, 0.25) is 0 Å². The van der Waals surface area contributed by atoms with Crippen molar-refractivity contribution in [3.05, 3.63) is 97.5 Å². The van der Waals surface area contributed by atoms with E-state index in [-0.39, 0.29) is 12.5 Å². The van der Waals surface area contributed by atoms with Crippen molar-refractivity contribution in [3.8, 4) is 28.3 Å². The first-order valence-electron chi connectivity index (χ1n) is 13.6. The second kappa shape index (κ2) is 11.5. The van der Waals surface area contributed by atoms with Crippen molar-refractivity contribution < 1.29 is 14.3 Å². The zero-order valence-electron chi connectivity index (χ0n) is 22.4. The van der Waals surface area contributed by atoms with Gasteiger partial charge in [-0.15, -0.1) is 0 Å². The number of hydrogen-bond acceptors (Lipinski definition) is 6. The predicted molar refractivity (Wildman–Crippen MR) is 156 cm³/mol. The SMILES string of the molecule is CCOc1ccc(-n2cc(-c3ccccc3)c3c(N4CCN(C(=O)COc5ccccc5)CC4)ncnc32)cc1. The Morgan fingerprint density at radius 1 is 0.800 bits per heavy atom. The Morgan fingerprint density at radius 3 is 2.17 bits per heavy atom. The van der Waals surface area contributed by atoms with Crippen LogP contribution in [0.5, 0.6) is 11.5 Å². The maximum atomic E-state index is 12.8. The van der Waals surface area contributed by atoms with Crippen LogP contribution in [0.4, 0.5) is 5.82 Å². The number of aromatic nitrogens is 3. The zero-order valence-corrected chi connectivity index (χ0v) is 22.4. The smallest absolute Gasteiger partial charge is 0.260 e. The van der Waals surface area contributed by atoms with Gasteiger partial charge in [0.1, 0.15) is 23.6 Å². The van der Waals surface area contributed by atoms with Crippen LogP contribution >= 0.6 is 0 Å². The third-order valence-corrected chi connectivity index (χ3v) is 7.11. The van der Waals surface area contributed by atoms with Crippen molar-refractivity contribution in [2.24, 2.45) is 0 Å². The van der Waals surface area contributed by atoms with E-state index in [0.29, 0.717) is 38.5 Å². The van der Waals surface area contributed by atoms with Gasteiger partial charge in [-0.1, -0.05) is 48.5 Å². The normalized spacial score (nSPS) is 13.4.